The molecule has 0 fully saturated rings. The fourth-order valence-corrected chi connectivity index (χ4v) is 5.19. The zero-order chi connectivity index (χ0) is 17.6. The summed E-state index contributed by atoms with van der Waals surface area (Å²) in [5.74, 6) is 0. The summed E-state index contributed by atoms with van der Waals surface area (Å²) < 4.78 is 2.33. The van der Waals surface area contributed by atoms with Gasteiger partial charge in [0.05, 0.1) is 11.0 Å². The SMILES string of the molecule is Cc1cc2ccccc2c2nc3cc4c(cc3n12)C(C)(C)CC4(C)C. The van der Waals surface area contributed by atoms with Crippen molar-refractivity contribution in [1.82, 2.24) is 9.38 Å². The number of pyridine rings is 1. The van der Waals surface area contributed by atoms with Crippen LogP contribution in [0.4, 0.5) is 0 Å². The molecule has 2 nitrogen and oxygen atoms in total. The van der Waals surface area contributed by atoms with E-state index in [0.29, 0.717) is 0 Å². The van der Waals surface area contributed by atoms with Gasteiger partial charge in [0.2, 0.25) is 0 Å². The molecular formula is C23H24N2. The monoisotopic (exact) mass is 328 g/mol. The van der Waals surface area contributed by atoms with Crippen molar-refractivity contribution < 1.29 is 0 Å². The predicted molar refractivity (Wildman–Crippen MR) is 106 cm³/mol. The molecule has 0 saturated carbocycles. The summed E-state index contributed by atoms with van der Waals surface area (Å²) in [6, 6.07) is 15.6. The smallest absolute Gasteiger partial charge is 0.146 e. The zero-order valence-electron chi connectivity index (χ0n) is 15.6. The van der Waals surface area contributed by atoms with E-state index in [1.54, 1.807) is 0 Å². The lowest BCUT2D eigenvalue weighted by atomic mass is 9.82. The first-order valence-electron chi connectivity index (χ1n) is 9.13. The molecule has 0 bridgehead atoms. The number of rotatable bonds is 0. The molecule has 0 amide bonds. The van der Waals surface area contributed by atoms with Crippen LogP contribution in [-0.4, -0.2) is 9.38 Å². The van der Waals surface area contributed by atoms with Crippen molar-refractivity contribution in [2.75, 3.05) is 0 Å². The molecule has 0 aliphatic heterocycles. The molecule has 0 atom stereocenters. The maximum atomic E-state index is 5.06. The molecule has 5 rings (SSSR count). The molecule has 126 valence electrons. The van der Waals surface area contributed by atoms with E-state index in [1.165, 1.54) is 39.5 Å². The van der Waals surface area contributed by atoms with E-state index in [1.807, 2.05) is 0 Å². The Morgan fingerprint density at radius 3 is 2.36 bits per heavy atom. The highest BCUT2D eigenvalue weighted by Crippen LogP contribution is 2.50. The van der Waals surface area contributed by atoms with Gasteiger partial charge in [-0.05, 0) is 58.9 Å². The van der Waals surface area contributed by atoms with Crippen LogP contribution in [0.1, 0.15) is 50.9 Å². The molecule has 0 saturated heterocycles. The molecule has 25 heavy (non-hydrogen) atoms. The Bertz CT molecular complexity index is 1180. The van der Waals surface area contributed by atoms with Crippen molar-refractivity contribution in [2.45, 2.75) is 51.9 Å². The highest BCUT2D eigenvalue weighted by molar-refractivity contribution is 5.99. The topological polar surface area (TPSA) is 17.3 Å². The maximum Gasteiger partial charge on any atom is 0.146 e. The van der Waals surface area contributed by atoms with Crippen LogP contribution >= 0.6 is 0 Å². The summed E-state index contributed by atoms with van der Waals surface area (Å²) in [5, 5.41) is 2.49. The van der Waals surface area contributed by atoms with Crippen molar-refractivity contribution in [3.63, 3.8) is 0 Å². The Morgan fingerprint density at radius 2 is 1.60 bits per heavy atom. The zero-order valence-corrected chi connectivity index (χ0v) is 15.6. The second-order valence-electron chi connectivity index (χ2n) is 8.97. The van der Waals surface area contributed by atoms with Gasteiger partial charge in [-0.2, -0.15) is 0 Å². The first-order valence-corrected chi connectivity index (χ1v) is 9.13. The van der Waals surface area contributed by atoms with Crippen LogP contribution in [0, 0.1) is 6.92 Å². The van der Waals surface area contributed by atoms with Gasteiger partial charge in [0, 0.05) is 11.1 Å². The van der Waals surface area contributed by atoms with E-state index in [2.05, 4.69) is 81.5 Å². The van der Waals surface area contributed by atoms with Gasteiger partial charge in [-0.3, -0.25) is 4.40 Å². The highest BCUT2D eigenvalue weighted by atomic mass is 15.0. The summed E-state index contributed by atoms with van der Waals surface area (Å²) in [7, 11) is 0. The summed E-state index contributed by atoms with van der Waals surface area (Å²) >= 11 is 0. The van der Waals surface area contributed by atoms with Crippen LogP contribution < -0.4 is 0 Å². The van der Waals surface area contributed by atoms with Gasteiger partial charge in [-0.1, -0.05) is 52.0 Å². The summed E-state index contributed by atoms with van der Waals surface area (Å²) in [6.45, 7) is 11.7. The Morgan fingerprint density at radius 1 is 0.920 bits per heavy atom. The van der Waals surface area contributed by atoms with Crippen LogP contribution in [0.15, 0.2) is 42.5 Å². The largest absolute Gasteiger partial charge is 0.296 e. The molecule has 2 heteroatoms. The summed E-state index contributed by atoms with van der Waals surface area (Å²) in [5.41, 5.74) is 8.04. The minimum Gasteiger partial charge on any atom is -0.296 e. The first-order chi connectivity index (χ1) is 11.8. The molecular weight excluding hydrogens is 304 g/mol. The highest BCUT2D eigenvalue weighted by Gasteiger charge is 2.42. The van der Waals surface area contributed by atoms with E-state index in [4.69, 9.17) is 4.98 Å². The maximum absolute atomic E-state index is 5.06. The molecule has 0 N–H and O–H groups in total. The molecule has 2 aromatic heterocycles. The van der Waals surface area contributed by atoms with E-state index in [9.17, 15) is 0 Å². The van der Waals surface area contributed by atoms with Gasteiger partial charge in [0.1, 0.15) is 5.65 Å². The predicted octanol–water partition coefficient (Wildman–Crippen LogP) is 5.91. The second-order valence-corrected chi connectivity index (χ2v) is 8.97. The van der Waals surface area contributed by atoms with Crippen molar-refractivity contribution >= 4 is 27.5 Å². The standard InChI is InChI=1S/C23H24N2/c1-14-10-15-8-6-7-9-16(15)21-24-19-11-17-18(12-20(19)25(14)21)23(4,5)13-22(17,2)3/h6-12H,13H2,1-5H3. The lowest BCUT2D eigenvalue weighted by molar-refractivity contribution is 0.403. The fraction of sp³-hybridized carbons (Fsp3) is 0.348. The van der Waals surface area contributed by atoms with E-state index in [-0.39, 0.29) is 10.8 Å². The minimum atomic E-state index is 0.208. The average molecular weight is 328 g/mol. The lowest BCUT2D eigenvalue weighted by Crippen LogP contribution is -2.18. The summed E-state index contributed by atoms with van der Waals surface area (Å²) in [4.78, 5) is 5.06. The van der Waals surface area contributed by atoms with Gasteiger partial charge < -0.3 is 0 Å². The molecule has 2 heterocycles. The van der Waals surface area contributed by atoms with Crippen molar-refractivity contribution in [1.29, 1.82) is 0 Å². The Labute approximate surface area is 148 Å². The molecule has 1 aliphatic rings. The van der Waals surface area contributed by atoms with Crippen LogP contribution in [0.5, 0.6) is 0 Å². The number of aryl methyl sites for hydroxylation is 1. The summed E-state index contributed by atoms with van der Waals surface area (Å²) in [6.07, 6.45) is 1.19. The number of hydrogen-bond acceptors (Lipinski definition) is 1. The van der Waals surface area contributed by atoms with E-state index < -0.39 is 0 Å². The average Bonchev–Trinajstić information content (AvgIpc) is 2.99. The second kappa shape index (κ2) is 4.43. The molecule has 0 unspecified atom stereocenters. The fourth-order valence-electron chi connectivity index (χ4n) is 5.19. The molecule has 4 aromatic rings. The number of nitrogens with zero attached hydrogens (tertiary/aromatic N) is 2. The van der Waals surface area contributed by atoms with Crippen molar-refractivity contribution in [3.05, 3.63) is 59.3 Å². The van der Waals surface area contributed by atoms with Crippen molar-refractivity contribution in [3.8, 4) is 0 Å². The third-order valence-corrected chi connectivity index (χ3v) is 6.05. The van der Waals surface area contributed by atoms with Gasteiger partial charge in [0.25, 0.3) is 0 Å². The van der Waals surface area contributed by atoms with Gasteiger partial charge in [-0.25, -0.2) is 4.98 Å². The Balaban J connectivity index is 1.97. The lowest BCUT2D eigenvalue weighted by Gasteiger charge is -2.22. The van der Waals surface area contributed by atoms with Gasteiger partial charge >= 0.3 is 0 Å². The molecule has 1 aliphatic carbocycles. The van der Waals surface area contributed by atoms with Gasteiger partial charge in [0.15, 0.2) is 0 Å². The minimum absolute atomic E-state index is 0.208. The quantitative estimate of drug-likeness (QED) is 0.392. The Hall–Kier alpha value is -2.35. The van der Waals surface area contributed by atoms with E-state index in [0.717, 1.165) is 11.2 Å². The normalized spacial score (nSPS) is 18.3. The molecule has 0 radical (unpaired) electrons. The van der Waals surface area contributed by atoms with E-state index >= 15 is 0 Å². The number of imidazole rings is 1. The van der Waals surface area contributed by atoms with Crippen LogP contribution in [0.2, 0.25) is 0 Å². The van der Waals surface area contributed by atoms with Crippen LogP contribution in [0.25, 0.3) is 27.5 Å². The van der Waals surface area contributed by atoms with Gasteiger partial charge in [-0.15, -0.1) is 0 Å². The third kappa shape index (κ3) is 1.88. The van der Waals surface area contributed by atoms with Crippen LogP contribution in [-0.2, 0) is 10.8 Å². The number of benzene rings is 2. The third-order valence-electron chi connectivity index (χ3n) is 6.05. The Kier molecular flexibility index (Phi) is 2.65. The molecule has 0 spiro atoms. The number of aromatic nitrogens is 2. The molecule has 2 aromatic carbocycles. The van der Waals surface area contributed by atoms with Crippen molar-refractivity contribution in [2.24, 2.45) is 0 Å². The first kappa shape index (κ1) is 14.9. The van der Waals surface area contributed by atoms with Crippen LogP contribution in [0.3, 0.4) is 0 Å². The number of hydrogen-bond donors (Lipinski definition) is 0. The number of fused-ring (bicyclic) bond motifs is 6.